The Kier molecular flexibility index (Phi) is 4.69. The Morgan fingerprint density at radius 2 is 2.06 bits per heavy atom. The van der Waals surface area contributed by atoms with Crippen LogP contribution in [0.5, 0.6) is 0 Å². The molecule has 0 saturated carbocycles. The summed E-state index contributed by atoms with van der Waals surface area (Å²) in [5.74, 6) is 0.820. The van der Waals surface area contributed by atoms with Gasteiger partial charge >= 0.3 is 0 Å². The molecule has 0 N–H and O–H groups in total. The SMILES string of the molecule is CCCN1CCC[C@@H]2c3ccccc3CC[C@@H]21.Cl. The van der Waals surface area contributed by atoms with Crippen LogP contribution in [0.15, 0.2) is 24.3 Å². The van der Waals surface area contributed by atoms with Crippen LogP contribution in [0.25, 0.3) is 0 Å². The lowest BCUT2D eigenvalue weighted by atomic mass is 9.74. The monoisotopic (exact) mass is 265 g/mol. The van der Waals surface area contributed by atoms with Crippen LogP contribution in [0.3, 0.4) is 0 Å². The maximum Gasteiger partial charge on any atom is 0.0167 e. The molecule has 0 unspecified atom stereocenters. The average Bonchev–Trinajstić information content (AvgIpc) is 2.39. The Balaban J connectivity index is 0.00000120. The summed E-state index contributed by atoms with van der Waals surface area (Å²) < 4.78 is 0. The zero-order valence-electron chi connectivity index (χ0n) is 11.3. The number of aryl methyl sites for hydroxylation is 1. The van der Waals surface area contributed by atoms with Crippen molar-refractivity contribution >= 4 is 12.4 Å². The van der Waals surface area contributed by atoms with Crippen LogP contribution >= 0.6 is 12.4 Å². The van der Waals surface area contributed by atoms with E-state index in [-0.39, 0.29) is 12.4 Å². The fourth-order valence-electron chi connectivity index (χ4n) is 3.87. The first-order chi connectivity index (χ1) is 8.40. The molecule has 1 aliphatic heterocycles. The second-order valence-corrected chi connectivity index (χ2v) is 5.59. The van der Waals surface area contributed by atoms with Gasteiger partial charge in [0.1, 0.15) is 0 Å². The van der Waals surface area contributed by atoms with Crippen LogP contribution in [0.1, 0.15) is 49.7 Å². The van der Waals surface area contributed by atoms with Crippen LogP contribution in [0.4, 0.5) is 0 Å². The van der Waals surface area contributed by atoms with E-state index >= 15 is 0 Å². The standard InChI is InChI=1S/C16H23N.ClH/c1-2-11-17-12-5-8-15-14-7-4-3-6-13(14)9-10-16(15)17;/h3-4,6-7,15-16H,2,5,8-12H2,1H3;1H/t15-,16+;/m1./s1. The van der Waals surface area contributed by atoms with E-state index in [1.807, 2.05) is 0 Å². The van der Waals surface area contributed by atoms with Gasteiger partial charge in [-0.05, 0) is 62.2 Å². The molecule has 1 fully saturated rings. The Labute approximate surface area is 117 Å². The van der Waals surface area contributed by atoms with Gasteiger partial charge in [0.05, 0.1) is 0 Å². The third-order valence-corrected chi connectivity index (χ3v) is 4.57. The van der Waals surface area contributed by atoms with Crippen LogP contribution in [0, 0.1) is 0 Å². The highest BCUT2D eigenvalue weighted by Crippen LogP contribution is 2.40. The number of rotatable bonds is 2. The van der Waals surface area contributed by atoms with Gasteiger partial charge in [-0.1, -0.05) is 31.2 Å². The molecule has 1 aromatic carbocycles. The second-order valence-electron chi connectivity index (χ2n) is 5.59. The van der Waals surface area contributed by atoms with Crippen molar-refractivity contribution in [2.45, 2.75) is 51.0 Å². The molecule has 2 heteroatoms. The Hall–Kier alpha value is -0.530. The molecule has 18 heavy (non-hydrogen) atoms. The van der Waals surface area contributed by atoms with Gasteiger partial charge in [0.2, 0.25) is 0 Å². The van der Waals surface area contributed by atoms with Gasteiger partial charge in [-0.25, -0.2) is 0 Å². The van der Waals surface area contributed by atoms with E-state index in [0.717, 1.165) is 12.0 Å². The third-order valence-electron chi connectivity index (χ3n) is 4.57. The first-order valence-corrected chi connectivity index (χ1v) is 7.22. The molecular formula is C16H24ClN. The van der Waals surface area contributed by atoms with Gasteiger partial charge in [-0.3, -0.25) is 4.90 Å². The van der Waals surface area contributed by atoms with Crippen LogP contribution < -0.4 is 0 Å². The first kappa shape index (κ1) is 13.9. The van der Waals surface area contributed by atoms with E-state index < -0.39 is 0 Å². The highest BCUT2D eigenvalue weighted by Gasteiger charge is 2.35. The average molecular weight is 266 g/mol. The number of hydrogen-bond donors (Lipinski definition) is 0. The normalized spacial score (nSPS) is 26.9. The number of piperidine rings is 1. The number of benzene rings is 1. The van der Waals surface area contributed by atoms with Gasteiger partial charge in [-0.15, -0.1) is 12.4 Å². The van der Waals surface area contributed by atoms with Gasteiger partial charge in [-0.2, -0.15) is 0 Å². The summed E-state index contributed by atoms with van der Waals surface area (Å²) in [6.45, 7) is 4.93. The Morgan fingerprint density at radius 3 is 2.89 bits per heavy atom. The summed E-state index contributed by atoms with van der Waals surface area (Å²) in [7, 11) is 0. The number of nitrogens with zero attached hydrogens (tertiary/aromatic N) is 1. The fourth-order valence-corrected chi connectivity index (χ4v) is 3.87. The van der Waals surface area contributed by atoms with Crippen molar-refractivity contribution in [2.24, 2.45) is 0 Å². The lowest BCUT2D eigenvalue weighted by Crippen LogP contribution is -2.46. The highest BCUT2D eigenvalue weighted by molar-refractivity contribution is 5.85. The predicted octanol–water partition coefficient (Wildman–Crippen LogP) is 4.01. The molecule has 100 valence electrons. The van der Waals surface area contributed by atoms with Gasteiger partial charge in [0.25, 0.3) is 0 Å². The summed E-state index contributed by atoms with van der Waals surface area (Å²) in [6.07, 6.45) is 6.75. The Bertz CT molecular complexity index is 388. The van der Waals surface area contributed by atoms with Gasteiger partial charge in [0, 0.05) is 6.04 Å². The maximum atomic E-state index is 2.75. The molecule has 1 aliphatic carbocycles. The highest BCUT2D eigenvalue weighted by atomic mass is 35.5. The lowest BCUT2D eigenvalue weighted by Gasteiger charge is -2.45. The van der Waals surface area contributed by atoms with E-state index in [1.54, 1.807) is 11.1 Å². The summed E-state index contributed by atoms with van der Waals surface area (Å²) in [6, 6.07) is 9.97. The fraction of sp³-hybridized carbons (Fsp3) is 0.625. The van der Waals surface area contributed by atoms with Crippen molar-refractivity contribution in [3.05, 3.63) is 35.4 Å². The van der Waals surface area contributed by atoms with E-state index in [1.165, 1.54) is 45.2 Å². The third kappa shape index (κ3) is 2.44. The van der Waals surface area contributed by atoms with Crippen molar-refractivity contribution in [3.63, 3.8) is 0 Å². The molecule has 1 saturated heterocycles. The van der Waals surface area contributed by atoms with E-state index in [0.29, 0.717) is 0 Å². The molecular weight excluding hydrogens is 242 g/mol. The molecule has 0 amide bonds. The van der Waals surface area contributed by atoms with Crippen LogP contribution in [-0.4, -0.2) is 24.0 Å². The van der Waals surface area contributed by atoms with Crippen molar-refractivity contribution in [1.82, 2.24) is 4.90 Å². The molecule has 1 heterocycles. The zero-order valence-corrected chi connectivity index (χ0v) is 12.1. The number of fused-ring (bicyclic) bond motifs is 3. The van der Waals surface area contributed by atoms with E-state index in [4.69, 9.17) is 0 Å². The zero-order chi connectivity index (χ0) is 11.7. The smallest absolute Gasteiger partial charge is 0.0167 e. The molecule has 3 rings (SSSR count). The number of hydrogen-bond acceptors (Lipinski definition) is 1. The second kappa shape index (κ2) is 6.08. The molecule has 1 aromatic rings. The van der Waals surface area contributed by atoms with Crippen LogP contribution in [0.2, 0.25) is 0 Å². The molecule has 2 atom stereocenters. The topological polar surface area (TPSA) is 3.24 Å². The van der Waals surface area contributed by atoms with E-state index in [9.17, 15) is 0 Å². The molecule has 0 aromatic heterocycles. The molecule has 2 aliphatic rings. The minimum atomic E-state index is 0. The summed E-state index contributed by atoms with van der Waals surface area (Å²) >= 11 is 0. The number of likely N-dealkylation sites (tertiary alicyclic amines) is 1. The van der Waals surface area contributed by atoms with E-state index in [2.05, 4.69) is 36.1 Å². The van der Waals surface area contributed by atoms with Crippen molar-refractivity contribution in [1.29, 1.82) is 0 Å². The number of halogens is 1. The summed E-state index contributed by atoms with van der Waals surface area (Å²) in [5.41, 5.74) is 3.27. The minimum Gasteiger partial charge on any atom is -0.300 e. The summed E-state index contributed by atoms with van der Waals surface area (Å²) in [5, 5.41) is 0. The van der Waals surface area contributed by atoms with Crippen molar-refractivity contribution in [2.75, 3.05) is 13.1 Å². The lowest BCUT2D eigenvalue weighted by molar-refractivity contribution is 0.113. The molecule has 1 nitrogen and oxygen atoms in total. The van der Waals surface area contributed by atoms with Crippen molar-refractivity contribution < 1.29 is 0 Å². The first-order valence-electron chi connectivity index (χ1n) is 7.22. The van der Waals surface area contributed by atoms with Gasteiger partial charge < -0.3 is 0 Å². The minimum absolute atomic E-state index is 0. The predicted molar refractivity (Wildman–Crippen MR) is 79.6 cm³/mol. The summed E-state index contributed by atoms with van der Waals surface area (Å²) in [4.78, 5) is 2.75. The molecule has 0 spiro atoms. The quantitative estimate of drug-likeness (QED) is 0.781. The van der Waals surface area contributed by atoms with Gasteiger partial charge in [0.15, 0.2) is 0 Å². The maximum absolute atomic E-state index is 2.75. The van der Waals surface area contributed by atoms with Crippen molar-refractivity contribution in [3.8, 4) is 0 Å². The largest absolute Gasteiger partial charge is 0.300 e. The van der Waals surface area contributed by atoms with Crippen LogP contribution in [-0.2, 0) is 6.42 Å². The molecule has 0 radical (unpaired) electrons. The molecule has 0 bridgehead atoms. The Morgan fingerprint density at radius 1 is 1.22 bits per heavy atom.